The first-order valence-electron chi connectivity index (χ1n) is 6.29. The molecule has 0 unspecified atom stereocenters. The molecule has 0 saturated carbocycles. The number of halogens is 2. The summed E-state index contributed by atoms with van der Waals surface area (Å²) in [5, 5.41) is 2.97. The van der Waals surface area contributed by atoms with Crippen LogP contribution in [-0.4, -0.2) is 24.6 Å². The number of carbonyl (C=O) groups is 1. The highest BCUT2D eigenvalue weighted by atomic mass is 32.1. The van der Waals surface area contributed by atoms with E-state index in [9.17, 15) is 13.6 Å². The molecular weight excluding hydrogens is 314 g/mol. The lowest BCUT2D eigenvalue weighted by Gasteiger charge is -2.13. The van der Waals surface area contributed by atoms with Crippen molar-refractivity contribution in [3.63, 3.8) is 0 Å². The predicted molar refractivity (Wildman–Crippen MR) is 79.2 cm³/mol. The Morgan fingerprint density at radius 1 is 1.36 bits per heavy atom. The van der Waals surface area contributed by atoms with Crippen LogP contribution in [0, 0.1) is 13.8 Å². The van der Waals surface area contributed by atoms with Crippen LogP contribution in [0.25, 0.3) is 0 Å². The maximum Gasteiger partial charge on any atom is 0.387 e. The van der Waals surface area contributed by atoms with Crippen molar-refractivity contribution in [2.24, 2.45) is 0 Å². The number of carbonyl (C=O) groups excluding carboxylic acids is 1. The number of hydrogen-bond donors (Lipinski definition) is 1. The number of methoxy groups -OCH3 is 1. The molecule has 0 aliphatic rings. The summed E-state index contributed by atoms with van der Waals surface area (Å²) in [7, 11) is 1.31. The van der Waals surface area contributed by atoms with Gasteiger partial charge in [0.15, 0.2) is 16.6 Å². The number of anilines is 1. The molecule has 22 heavy (non-hydrogen) atoms. The molecule has 1 aromatic carbocycles. The van der Waals surface area contributed by atoms with Crippen molar-refractivity contribution in [2.75, 3.05) is 12.4 Å². The van der Waals surface area contributed by atoms with Crippen LogP contribution in [0.4, 0.5) is 13.9 Å². The maximum absolute atomic E-state index is 12.5. The summed E-state index contributed by atoms with van der Waals surface area (Å²) in [4.78, 5) is 17.4. The Labute approximate surface area is 129 Å². The fraction of sp³-hybridized carbons (Fsp3) is 0.286. The molecule has 0 spiro atoms. The summed E-state index contributed by atoms with van der Waals surface area (Å²) >= 11 is 1.30. The molecule has 1 N–H and O–H groups in total. The quantitative estimate of drug-likeness (QED) is 0.910. The topological polar surface area (TPSA) is 60.5 Å². The van der Waals surface area contributed by atoms with Gasteiger partial charge >= 0.3 is 6.61 Å². The third kappa shape index (κ3) is 3.51. The molecule has 0 radical (unpaired) electrons. The number of nitrogens with zero attached hydrogens (tertiary/aromatic N) is 1. The lowest BCUT2D eigenvalue weighted by Crippen LogP contribution is -2.15. The monoisotopic (exact) mass is 328 g/mol. The fourth-order valence-electron chi connectivity index (χ4n) is 1.76. The van der Waals surface area contributed by atoms with E-state index in [0.29, 0.717) is 5.13 Å². The van der Waals surface area contributed by atoms with E-state index in [-0.39, 0.29) is 17.1 Å². The zero-order valence-corrected chi connectivity index (χ0v) is 13.0. The number of ether oxygens (including phenoxy) is 2. The number of aromatic nitrogens is 1. The first-order valence-corrected chi connectivity index (χ1v) is 7.11. The summed E-state index contributed by atoms with van der Waals surface area (Å²) < 4.78 is 34.5. The van der Waals surface area contributed by atoms with Gasteiger partial charge in [-0.05, 0) is 26.0 Å². The molecule has 0 aliphatic heterocycles. The Morgan fingerprint density at radius 3 is 2.64 bits per heavy atom. The predicted octanol–water partition coefficient (Wildman–Crippen LogP) is 3.62. The minimum Gasteiger partial charge on any atom is -0.493 e. The Bertz CT molecular complexity index is 669. The minimum atomic E-state index is -3.06. The second-order valence-corrected chi connectivity index (χ2v) is 5.53. The number of hydrogen-bond acceptors (Lipinski definition) is 5. The van der Waals surface area contributed by atoms with Gasteiger partial charge in [-0.1, -0.05) is 6.07 Å². The van der Waals surface area contributed by atoms with Crippen LogP contribution in [0.5, 0.6) is 11.5 Å². The van der Waals surface area contributed by atoms with E-state index < -0.39 is 12.5 Å². The molecule has 5 nitrogen and oxygen atoms in total. The lowest BCUT2D eigenvalue weighted by molar-refractivity contribution is -0.0515. The number of aryl methyl sites for hydroxylation is 2. The second-order valence-electron chi connectivity index (χ2n) is 4.33. The summed E-state index contributed by atoms with van der Waals surface area (Å²) in [6.45, 7) is 0.630. The lowest BCUT2D eigenvalue weighted by atomic mass is 10.1. The number of alkyl halides is 2. The van der Waals surface area contributed by atoms with Gasteiger partial charge in [0.05, 0.1) is 18.4 Å². The number of rotatable bonds is 5. The summed E-state index contributed by atoms with van der Waals surface area (Å²) in [5.74, 6) is -0.842. The molecule has 1 aromatic heterocycles. The molecule has 2 aromatic rings. The standard InChI is InChI=1S/C14H14F2N2O3S/c1-7-8(2)22-14(17-7)18-12(19)9-5-4-6-10(20-3)11(9)21-13(15)16/h4-6,13H,1-3H3,(H,17,18,19). The molecule has 118 valence electrons. The molecule has 0 fully saturated rings. The van der Waals surface area contributed by atoms with Crippen molar-refractivity contribution in [1.29, 1.82) is 0 Å². The zero-order valence-electron chi connectivity index (χ0n) is 12.1. The summed E-state index contributed by atoms with van der Waals surface area (Å²) in [6, 6.07) is 4.33. The van der Waals surface area contributed by atoms with Gasteiger partial charge in [0.2, 0.25) is 0 Å². The highest BCUT2D eigenvalue weighted by Crippen LogP contribution is 2.33. The number of thiazole rings is 1. The van der Waals surface area contributed by atoms with E-state index in [2.05, 4.69) is 15.0 Å². The average Bonchev–Trinajstić information content (AvgIpc) is 2.76. The van der Waals surface area contributed by atoms with Gasteiger partial charge in [-0.2, -0.15) is 8.78 Å². The maximum atomic E-state index is 12.5. The third-order valence-corrected chi connectivity index (χ3v) is 3.89. The molecular formula is C14H14F2N2O3S. The minimum absolute atomic E-state index is 0.0508. The molecule has 0 atom stereocenters. The Kier molecular flexibility index (Phi) is 4.92. The first-order chi connectivity index (χ1) is 10.4. The van der Waals surface area contributed by atoms with E-state index in [1.807, 2.05) is 13.8 Å². The van der Waals surface area contributed by atoms with Gasteiger partial charge in [-0.15, -0.1) is 11.3 Å². The second kappa shape index (κ2) is 6.69. The molecule has 0 aliphatic carbocycles. The van der Waals surface area contributed by atoms with E-state index in [1.54, 1.807) is 0 Å². The van der Waals surface area contributed by atoms with Crippen molar-refractivity contribution >= 4 is 22.4 Å². The van der Waals surface area contributed by atoms with E-state index in [1.165, 1.54) is 36.6 Å². The van der Waals surface area contributed by atoms with Crippen molar-refractivity contribution in [3.05, 3.63) is 34.3 Å². The molecule has 8 heteroatoms. The third-order valence-electron chi connectivity index (χ3n) is 2.90. The smallest absolute Gasteiger partial charge is 0.387 e. The van der Waals surface area contributed by atoms with Crippen LogP contribution < -0.4 is 14.8 Å². The Hall–Kier alpha value is -2.22. The van der Waals surface area contributed by atoms with E-state index in [4.69, 9.17) is 4.74 Å². The highest BCUT2D eigenvalue weighted by molar-refractivity contribution is 7.15. The normalized spacial score (nSPS) is 10.6. The van der Waals surface area contributed by atoms with Gasteiger partial charge in [-0.3, -0.25) is 10.1 Å². The van der Waals surface area contributed by atoms with Crippen LogP contribution >= 0.6 is 11.3 Å². The largest absolute Gasteiger partial charge is 0.493 e. The zero-order chi connectivity index (χ0) is 16.3. The summed E-state index contributed by atoms with van der Waals surface area (Å²) in [5.41, 5.74) is 0.750. The van der Waals surface area contributed by atoms with Crippen LogP contribution in [0.2, 0.25) is 0 Å². The SMILES string of the molecule is COc1cccc(C(=O)Nc2nc(C)c(C)s2)c1OC(F)F. The van der Waals surface area contributed by atoms with E-state index in [0.717, 1.165) is 10.6 Å². The van der Waals surface area contributed by atoms with Gasteiger partial charge in [0.1, 0.15) is 0 Å². The van der Waals surface area contributed by atoms with Crippen molar-refractivity contribution in [1.82, 2.24) is 4.98 Å². The summed E-state index contributed by atoms with van der Waals surface area (Å²) in [6.07, 6.45) is 0. The molecule has 0 saturated heterocycles. The number of para-hydroxylation sites is 1. The Balaban J connectivity index is 2.32. The van der Waals surface area contributed by atoms with Crippen molar-refractivity contribution in [3.8, 4) is 11.5 Å². The molecule has 0 bridgehead atoms. The van der Waals surface area contributed by atoms with Crippen LogP contribution in [0.1, 0.15) is 20.9 Å². The number of benzene rings is 1. The van der Waals surface area contributed by atoms with Crippen molar-refractivity contribution in [2.45, 2.75) is 20.5 Å². The molecule has 1 heterocycles. The van der Waals surface area contributed by atoms with E-state index >= 15 is 0 Å². The number of nitrogens with one attached hydrogen (secondary N) is 1. The van der Waals surface area contributed by atoms with Gasteiger partial charge < -0.3 is 9.47 Å². The van der Waals surface area contributed by atoms with Crippen LogP contribution in [0.3, 0.4) is 0 Å². The van der Waals surface area contributed by atoms with Crippen LogP contribution in [0.15, 0.2) is 18.2 Å². The van der Waals surface area contributed by atoms with Gasteiger partial charge in [-0.25, -0.2) is 4.98 Å². The molecule has 1 amide bonds. The first kappa shape index (κ1) is 16.2. The van der Waals surface area contributed by atoms with Crippen molar-refractivity contribution < 1.29 is 23.0 Å². The Morgan fingerprint density at radius 2 is 2.09 bits per heavy atom. The fourth-order valence-corrected chi connectivity index (χ4v) is 2.57. The van der Waals surface area contributed by atoms with Crippen LogP contribution in [-0.2, 0) is 0 Å². The average molecular weight is 328 g/mol. The highest BCUT2D eigenvalue weighted by Gasteiger charge is 2.21. The van der Waals surface area contributed by atoms with Gasteiger partial charge in [0.25, 0.3) is 5.91 Å². The number of amides is 1. The molecule has 2 rings (SSSR count). The van der Waals surface area contributed by atoms with Gasteiger partial charge in [0, 0.05) is 4.88 Å².